The highest BCUT2D eigenvalue weighted by atomic mass is 16.3. The number of hydrogen-bond acceptors (Lipinski definition) is 5. The predicted molar refractivity (Wildman–Crippen MR) is 107 cm³/mol. The Morgan fingerprint density at radius 1 is 1.41 bits per heavy atom. The number of aromatic nitrogens is 1. The van der Waals surface area contributed by atoms with Gasteiger partial charge in [0.1, 0.15) is 5.82 Å². The third-order valence-electron chi connectivity index (χ3n) is 4.95. The van der Waals surface area contributed by atoms with Gasteiger partial charge in [-0.1, -0.05) is 13.8 Å². The van der Waals surface area contributed by atoms with Gasteiger partial charge in [0.05, 0.1) is 18.1 Å². The van der Waals surface area contributed by atoms with E-state index in [-0.39, 0.29) is 5.91 Å². The molecule has 0 aliphatic carbocycles. The zero-order chi connectivity index (χ0) is 19.2. The average molecular weight is 370 g/mol. The molecule has 0 unspecified atom stereocenters. The molecular formula is C21H30N4O2. The summed E-state index contributed by atoms with van der Waals surface area (Å²) in [5.74, 6) is 2.01. The van der Waals surface area contributed by atoms with Crippen LogP contribution in [-0.4, -0.2) is 49.0 Å². The summed E-state index contributed by atoms with van der Waals surface area (Å²) in [4.78, 5) is 21.4. The number of carbonyl (C=O) groups is 1. The van der Waals surface area contributed by atoms with E-state index in [0.717, 1.165) is 44.0 Å². The Bertz CT molecular complexity index is 712. The average Bonchev–Trinajstić information content (AvgIpc) is 3.31. The standard InChI is InChI=1S/C21H30N4O2/c1-16(2)12-25-8-6-17(14-25)10-23-21(26)19-4-5-20(22-11-19)24(3)13-18-7-9-27-15-18/h4-5,7,9,11,15-17H,6,8,10,12-14H2,1-3H3,(H,23,26)/t17-/m1/s1. The van der Waals surface area contributed by atoms with Gasteiger partial charge >= 0.3 is 0 Å². The van der Waals surface area contributed by atoms with E-state index in [1.54, 1.807) is 18.7 Å². The number of hydrogen-bond donors (Lipinski definition) is 1. The first-order chi connectivity index (χ1) is 13.0. The van der Waals surface area contributed by atoms with Crippen molar-refractivity contribution in [2.24, 2.45) is 11.8 Å². The lowest BCUT2D eigenvalue weighted by atomic mass is 10.1. The van der Waals surface area contributed by atoms with Gasteiger partial charge < -0.3 is 19.5 Å². The molecule has 6 nitrogen and oxygen atoms in total. The minimum absolute atomic E-state index is 0.0474. The summed E-state index contributed by atoms with van der Waals surface area (Å²) in [7, 11) is 1.97. The predicted octanol–water partition coefficient (Wildman–Crippen LogP) is 3.02. The molecule has 3 rings (SSSR count). The molecule has 2 aromatic heterocycles. The number of amides is 1. The van der Waals surface area contributed by atoms with Crippen LogP contribution in [0, 0.1) is 11.8 Å². The van der Waals surface area contributed by atoms with Crippen molar-refractivity contribution in [2.45, 2.75) is 26.8 Å². The van der Waals surface area contributed by atoms with Crippen LogP contribution in [0.5, 0.6) is 0 Å². The number of nitrogens with zero attached hydrogens (tertiary/aromatic N) is 3. The quantitative estimate of drug-likeness (QED) is 0.774. The Morgan fingerprint density at radius 3 is 2.93 bits per heavy atom. The van der Waals surface area contributed by atoms with Crippen LogP contribution in [0.25, 0.3) is 0 Å². The number of anilines is 1. The number of likely N-dealkylation sites (tertiary alicyclic amines) is 1. The van der Waals surface area contributed by atoms with Gasteiger partial charge in [-0.15, -0.1) is 0 Å². The summed E-state index contributed by atoms with van der Waals surface area (Å²) in [6, 6.07) is 5.65. The van der Waals surface area contributed by atoms with Crippen LogP contribution < -0.4 is 10.2 Å². The molecule has 1 amide bonds. The molecular weight excluding hydrogens is 340 g/mol. The van der Waals surface area contributed by atoms with E-state index in [0.29, 0.717) is 23.9 Å². The Morgan fingerprint density at radius 2 is 2.26 bits per heavy atom. The molecule has 1 atom stereocenters. The zero-order valence-corrected chi connectivity index (χ0v) is 16.5. The van der Waals surface area contributed by atoms with Crippen molar-refractivity contribution < 1.29 is 9.21 Å². The van der Waals surface area contributed by atoms with Crippen molar-refractivity contribution in [3.8, 4) is 0 Å². The minimum Gasteiger partial charge on any atom is -0.472 e. The van der Waals surface area contributed by atoms with E-state index in [9.17, 15) is 4.79 Å². The summed E-state index contributed by atoms with van der Waals surface area (Å²) < 4.78 is 5.09. The smallest absolute Gasteiger partial charge is 0.252 e. The number of nitrogens with one attached hydrogen (secondary N) is 1. The Hall–Kier alpha value is -2.34. The summed E-state index contributed by atoms with van der Waals surface area (Å²) in [6.45, 7) is 9.30. The van der Waals surface area contributed by atoms with Gasteiger partial charge in [0.25, 0.3) is 5.91 Å². The summed E-state index contributed by atoms with van der Waals surface area (Å²) in [5, 5.41) is 3.07. The molecule has 0 radical (unpaired) electrons. The van der Waals surface area contributed by atoms with Gasteiger partial charge in [0.2, 0.25) is 0 Å². The lowest BCUT2D eigenvalue weighted by Gasteiger charge is -2.18. The van der Waals surface area contributed by atoms with Gasteiger partial charge in [0, 0.05) is 45.0 Å². The summed E-state index contributed by atoms with van der Waals surface area (Å²) in [6.07, 6.45) is 6.19. The maximum atomic E-state index is 12.4. The molecule has 1 N–H and O–H groups in total. The first-order valence-corrected chi connectivity index (χ1v) is 9.70. The molecule has 1 aliphatic heterocycles. The molecule has 0 spiro atoms. The topological polar surface area (TPSA) is 61.6 Å². The third kappa shape index (κ3) is 5.57. The van der Waals surface area contributed by atoms with Crippen molar-refractivity contribution in [1.82, 2.24) is 15.2 Å². The second-order valence-electron chi connectivity index (χ2n) is 7.91. The number of pyridine rings is 1. The zero-order valence-electron chi connectivity index (χ0n) is 16.5. The first kappa shape index (κ1) is 19.4. The van der Waals surface area contributed by atoms with Crippen LogP contribution in [0.15, 0.2) is 41.3 Å². The molecule has 2 aromatic rings. The van der Waals surface area contributed by atoms with Crippen molar-refractivity contribution in [3.05, 3.63) is 48.0 Å². The highest BCUT2D eigenvalue weighted by Gasteiger charge is 2.23. The van der Waals surface area contributed by atoms with Gasteiger partial charge in [0.15, 0.2) is 0 Å². The van der Waals surface area contributed by atoms with Crippen molar-refractivity contribution >= 4 is 11.7 Å². The van der Waals surface area contributed by atoms with E-state index in [1.165, 1.54) is 0 Å². The molecule has 1 fully saturated rings. The van der Waals surface area contributed by atoms with Crippen molar-refractivity contribution in [3.63, 3.8) is 0 Å². The Labute approximate surface area is 161 Å². The van der Waals surface area contributed by atoms with E-state index in [2.05, 4.69) is 29.0 Å². The second kappa shape index (κ2) is 9.04. The van der Waals surface area contributed by atoms with Crippen LogP contribution in [-0.2, 0) is 6.54 Å². The van der Waals surface area contributed by atoms with Gasteiger partial charge in [-0.2, -0.15) is 0 Å². The van der Waals surface area contributed by atoms with Crippen LogP contribution >= 0.6 is 0 Å². The number of furan rings is 1. The fourth-order valence-electron chi connectivity index (χ4n) is 3.58. The second-order valence-corrected chi connectivity index (χ2v) is 7.91. The van der Waals surface area contributed by atoms with Crippen LogP contribution in [0.2, 0.25) is 0 Å². The lowest BCUT2D eigenvalue weighted by molar-refractivity contribution is 0.0947. The maximum Gasteiger partial charge on any atom is 0.252 e. The maximum absolute atomic E-state index is 12.4. The van der Waals surface area contributed by atoms with Crippen LogP contribution in [0.4, 0.5) is 5.82 Å². The third-order valence-corrected chi connectivity index (χ3v) is 4.95. The molecule has 0 aromatic carbocycles. The van der Waals surface area contributed by atoms with E-state index in [4.69, 9.17) is 4.42 Å². The Kier molecular flexibility index (Phi) is 6.50. The van der Waals surface area contributed by atoms with Crippen molar-refractivity contribution in [1.29, 1.82) is 0 Å². The van der Waals surface area contributed by atoms with E-state index < -0.39 is 0 Å². The lowest BCUT2D eigenvalue weighted by Crippen LogP contribution is -2.32. The highest BCUT2D eigenvalue weighted by molar-refractivity contribution is 5.94. The highest BCUT2D eigenvalue weighted by Crippen LogP contribution is 2.17. The van der Waals surface area contributed by atoms with E-state index in [1.807, 2.05) is 30.1 Å². The fourth-order valence-corrected chi connectivity index (χ4v) is 3.58. The SMILES string of the molecule is CC(C)CN1CC[C@H](CNC(=O)c2ccc(N(C)Cc3ccoc3)nc2)C1. The molecule has 3 heterocycles. The van der Waals surface area contributed by atoms with Gasteiger partial charge in [-0.3, -0.25) is 4.79 Å². The first-order valence-electron chi connectivity index (χ1n) is 9.70. The molecule has 0 bridgehead atoms. The molecule has 146 valence electrons. The summed E-state index contributed by atoms with van der Waals surface area (Å²) in [5.41, 5.74) is 1.69. The fraction of sp³-hybridized carbons (Fsp3) is 0.524. The van der Waals surface area contributed by atoms with Gasteiger partial charge in [-0.05, 0) is 43.0 Å². The molecule has 0 saturated carbocycles. The number of carbonyl (C=O) groups excluding carboxylic acids is 1. The van der Waals surface area contributed by atoms with Crippen LogP contribution in [0.3, 0.4) is 0 Å². The minimum atomic E-state index is -0.0474. The normalized spacial score (nSPS) is 17.4. The largest absolute Gasteiger partial charge is 0.472 e. The molecule has 1 aliphatic rings. The number of rotatable bonds is 8. The van der Waals surface area contributed by atoms with E-state index >= 15 is 0 Å². The molecule has 6 heteroatoms. The Balaban J connectivity index is 1.46. The van der Waals surface area contributed by atoms with Crippen LogP contribution in [0.1, 0.15) is 36.2 Å². The molecule has 27 heavy (non-hydrogen) atoms. The monoisotopic (exact) mass is 370 g/mol. The molecule has 1 saturated heterocycles. The van der Waals surface area contributed by atoms with Gasteiger partial charge in [-0.25, -0.2) is 4.98 Å². The van der Waals surface area contributed by atoms with Crippen molar-refractivity contribution in [2.75, 3.05) is 38.1 Å². The summed E-state index contributed by atoms with van der Waals surface area (Å²) >= 11 is 0.